The molecule has 0 atom stereocenters. The average Bonchev–Trinajstić information content (AvgIpc) is 2.43. The predicted molar refractivity (Wildman–Crippen MR) is 56.2 cm³/mol. The number of carbonyl (C=O) groups is 1. The number of aromatic nitrogens is 1. The first kappa shape index (κ1) is 12.2. The van der Waals surface area contributed by atoms with Gasteiger partial charge in [-0.1, -0.05) is 11.6 Å². The molecule has 1 aromatic carbocycles. The van der Waals surface area contributed by atoms with E-state index in [0.717, 1.165) is 16.6 Å². The number of fused-ring (bicyclic) bond motifs is 1. The summed E-state index contributed by atoms with van der Waals surface area (Å²) in [5.74, 6) is 0.179. The van der Waals surface area contributed by atoms with E-state index < -0.39 is 0 Å². The van der Waals surface area contributed by atoms with Gasteiger partial charge in [-0.05, 0) is 13.8 Å². The Morgan fingerprint density at radius 3 is 2.93 bits per heavy atom. The normalized spacial score (nSPS) is 10.0. The van der Waals surface area contributed by atoms with E-state index in [1.165, 1.54) is 0 Å². The van der Waals surface area contributed by atoms with E-state index in [1.54, 1.807) is 6.92 Å². The van der Waals surface area contributed by atoms with Gasteiger partial charge in [0.05, 0.1) is 6.54 Å². The fraction of sp³-hybridized carbons (Fsp3) is 0.250. The number of carbonyl (C=O) groups excluding carboxylic acids is 1. The minimum absolute atomic E-state index is 0. The van der Waals surface area contributed by atoms with E-state index in [9.17, 15) is 4.79 Å². The third-order valence-corrected chi connectivity index (χ3v) is 2.33. The third-order valence-electron chi connectivity index (χ3n) is 2.33. The van der Waals surface area contributed by atoms with Crippen LogP contribution in [0.4, 0.5) is 0 Å². The topological polar surface area (TPSA) is 22.0 Å². The van der Waals surface area contributed by atoms with E-state index >= 15 is 0 Å². The summed E-state index contributed by atoms with van der Waals surface area (Å²) in [5.41, 5.74) is 2.23. The molecule has 2 rings (SSSR count). The van der Waals surface area contributed by atoms with Crippen LogP contribution in [0.5, 0.6) is 0 Å². The van der Waals surface area contributed by atoms with Crippen molar-refractivity contribution < 1.29 is 25.9 Å². The van der Waals surface area contributed by atoms with E-state index in [2.05, 4.69) is 12.1 Å². The molecule has 0 saturated heterocycles. The Kier molecular flexibility index (Phi) is 3.87. The number of rotatable bonds is 2. The van der Waals surface area contributed by atoms with Crippen molar-refractivity contribution in [2.75, 3.05) is 0 Å². The number of aryl methyl sites for hydroxylation is 1. The van der Waals surface area contributed by atoms with Gasteiger partial charge in [0.1, 0.15) is 5.78 Å². The summed E-state index contributed by atoms with van der Waals surface area (Å²) in [6.45, 7) is 4.09. The molecule has 2 aromatic rings. The van der Waals surface area contributed by atoms with Crippen LogP contribution in [0, 0.1) is 13.0 Å². The summed E-state index contributed by atoms with van der Waals surface area (Å²) >= 11 is 0. The van der Waals surface area contributed by atoms with Crippen molar-refractivity contribution in [1.29, 1.82) is 0 Å². The molecule has 0 saturated carbocycles. The van der Waals surface area contributed by atoms with Gasteiger partial charge in [0.15, 0.2) is 0 Å². The Balaban J connectivity index is 0.00000112. The minimum atomic E-state index is 0. The number of ketones is 1. The molecule has 1 heterocycles. The summed E-state index contributed by atoms with van der Waals surface area (Å²) in [6.07, 6.45) is 0. The number of hydrogen-bond donors (Lipinski definition) is 0. The molecular formula is C12H12NOW-. The average molecular weight is 370 g/mol. The predicted octanol–water partition coefficient (Wildman–Crippen LogP) is 2.34. The van der Waals surface area contributed by atoms with Gasteiger partial charge in [0.25, 0.3) is 0 Å². The van der Waals surface area contributed by atoms with Gasteiger partial charge in [0, 0.05) is 26.8 Å². The van der Waals surface area contributed by atoms with Gasteiger partial charge in [-0.2, -0.15) is 18.2 Å². The van der Waals surface area contributed by atoms with E-state index in [0.29, 0.717) is 6.54 Å². The minimum Gasteiger partial charge on any atom is -0.361 e. The molecule has 0 fully saturated rings. The van der Waals surface area contributed by atoms with Crippen LogP contribution >= 0.6 is 0 Å². The van der Waals surface area contributed by atoms with Crippen LogP contribution in [0.3, 0.4) is 0 Å². The summed E-state index contributed by atoms with van der Waals surface area (Å²) in [6, 6.07) is 10.9. The standard InChI is InChI=1S/C12H12NO.W/c1-9-7-11-5-3-4-6-12(11)13(9)8-10(2)14;/h4-7H,8H2,1-2H3;/q-1;. The molecule has 0 aliphatic rings. The zero-order chi connectivity index (χ0) is 10.1. The molecule has 0 bridgehead atoms. The van der Waals surface area contributed by atoms with Gasteiger partial charge in [-0.25, -0.2) is 0 Å². The number of hydrogen-bond acceptors (Lipinski definition) is 1. The second-order valence-corrected chi connectivity index (χ2v) is 3.56. The van der Waals surface area contributed by atoms with Gasteiger partial charge >= 0.3 is 0 Å². The van der Waals surface area contributed by atoms with Crippen molar-refractivity contribution in [3.05, 3.63) is 36.0 Å². The number of Topliss-reactive ketones (excluding diaryl/α,β-unsaturated/α-hetero) is 1. The Hall–Kier alpha value is -0.882. The van der Waals surface area contributed by atoms with Crippen LogP contribution in [-0.2, 0) is 32.4 Å². The van der Waals surface area contributed by atoms with Crippen molar-refractivity contribution in [2.24, 2.45) is 0 Å². The second kappa shape index (κ2) is 4.76. The monoisotopic (exact) mass is 370 g/mol. The maximum atomic E-state index is 11.1. The zero-order valence-electron chi connectivity index (χ0n) is 8.78. The van der Waals surface area contributed by atoms with Gasteiger partial charge in [-0.3, -0.25) is 4.79 Å². The summed E-state index contributed by atoms with van der Waals surface area (Å²) < 4.78 is 2.03. The summed E-state index contributed by atoms with van der Waals surface area (Å²) in [5, 5.41) is 1.14. The van der Waals surface area contributed by atoms with Gasteiger partial charge in [0.2, 0.25) is 0 Å². The number of nitrogens with zero attached hydrogens (tertiary/aromatic N) is 1. The fourth-order valence-electron chi connectivity index (χ4n) is 1.72. The largest absolute Gasteiger partial charge is 0.361 e. The Morgan fingerprint density at radius 2 is 2.27 bits per heavy atom. The molecule has 0 unspecified atom stereocenters. The van der Waals surface area contributed by atoms with Crippen LogP contribution in [0.15, 0.2) is 24.3 Å². The Bertz CT molecular complexity index is 487. The molecule has 0 aliphatic heterocycles. The van der Waals surface area contributed by atoms with Gasteiger partial charge in [-0.15, -0.1) is 11.5 Å². The number of benzene rings is 1. The summed E-state index contributed by atoms with van der Waals surface area (Å²) in [7, 11) is 0. The van der Waals surface area contributed by atoms with Crippen molar-refractivity contribution in [1.82, 2.24) is 4.57 Å². The van der Waals surface area contributed by atoms with Gasteiger partial charge < -0.3 is 4.57 Å². The molecular weight excluding hydrogens is 358 g/mol. The van der Waals surface area contributed by atoms with E-state index in [-0.39, 0.29) is 26.8 Å². The Labute approximate surface area is 104 Å². The Morgan fingerprint density at radius 1 is 1.53 bits per heavy atom. The maximum absolute atomic E-state index is 11.1. The SMILES string of the molecule is CC(=O)Cn1c(C)cc2c[c-]ccc21.[W]. The third kappa shape index (κ3) is 2.38. The first-order valence-electron chi connectivity index (χ1n) is 4.64. The molecule has 78 valence electrons. The second-order valence-electron chi connectivity index (χ2n) is 3.56. The molecule has 3 heteroatoms. The van der Waals surface area contributed by atoms with Crippen molar-refractivity contribution >= 4 is 16.7 Å². The molecule has 0 spiro atoms. The quantitative estimate of drug-likeness (QED) is 0.744. The summed E-state index contributed by atoms with van der Waals surface area (Å²) in [4.78, 5) is 11.1. The van der Waals surface area contributed by atoms with Crippen molar-refractivity contribution in [3.8, 4) is 0 Å². The molecule has 2 nitrogen and oxygen atoms in total. The zero-order valence-corrected chi connectivity index (χ0v) is 11.7. The van der Waals surface area contributed by atoms with Crippen LogP contribution in [-0.4, -0.2) is 10.4 Å². The van der Waals surface area contributed by atoms with Crippen molar-refractivity contribution in [2.45, 2.75) is 20.4 Å². The van der Waals surface area contributed by atoms with Crippen LogP contribution < -0.4 is 0 Å². The van der Waals surface area contributed by atoms with E-state index in [1.807, 2.05) is 29.7 Å². The molecule has 0 radical (unpaired) electrons. The van der Waals surface area contributed by atoms with Crippen molar-refractivity contribution in [3.63, 3.8) is 0 Å². The fourth-order valence-corrected chi connectivity index (χ4v) is 1.72. The van der Waals surface area contributed by atoms with Crippen LogP contribution in [0.25, 0.3) is 10.9 Å². The first-order valence-corrected chi connectivity index (χ1v) is 4.64. The van der Waals surface area contributed by atoms with Crippen LogP contribution in [0.2, 0.25) is 0 Å². The van der Waals surface area contributed by atoms with Crippen LogP contribution in [0.1, 0.15) is 12.6 Å². The molecule has 15 heavy (non-hydrogen) atoms. The molecule has 1 aromatic heterocycles. The molecule has 0 N–H and O–H groups in total. The van der Waals surface area contributed by atoms with E-state index in [4.69, 9.17) is 0 Å². The maximum Gasteiger partial charge on any atom is 0.149 e. The smallest absolute Gasteiger partial charge is 0.149 e. The molecule has 0 amide bonds. The molecule has 0 aliphatic carbocycles. The first-order chi connectivity index (χ1) is 6.68.